The minimum absolute atomic E-state index is 0.0250. The molecule has 1 aliphatic rings. The first-order chi connectivity index (χ1) is 14.8. The Morgan fingerprint density at radius 1 is 1.19 bits per heavy atom. The molecule has 6 nitrogen and oxygen atoms in total. The molecule has 1 N–H and O–H groups in total. The largest absolute Gasteiger partial charge is 0.312 e. The second-order valence-corrected chi connectivity index (χ2v) is 10.3. The van der Waals surface area contributed by atoms with E-state index < -0.39 is 10.0 Å². The van der Waals surface area contributed by atoms with Crippen molar-refractivity contribution in [3.63, 3.8) is 0 Å². The molecule has 0 spiro atoms. The van der Waals surface area contributed by atoms with Crippen LogP contribution in [0.3, 0.4) is 0 Å². The summed E-state index contributed by atoms with van der Waals surface area (Å²) in [5.74, 6) is -0.0250. The van der Waals surface area contributed by atoms with Gasteiger partial charge in [-0.15, -0.1) is 11.3 Å². The zero-order valence-electron chi connectivity index (χ0n) is 17.6. The van der Waals surface area contributed by atoms with Crippen LogP contribution in [-0.2, 0) is 27.7 Å². The summed E-state index contributed by atoms with van der Waals surface area (Å²) in [5.41, 5.74) is 4.84. The number of thiazole rings is 1. The van der Waals surface area contributed by atoms with Crippen LogP contribution in [0.2, 0.25) is 0 Å². The molecular formula is C23H25N3O3S2. The van der Waals surface area contributed by atoms with E-state index in [-0.39, 0.29) is 17.3 Å². The van der Waals surface area contributed by atoms with E-state index in [0.717, 1.165) is 40.4 Å². The monoisotopic (exact) mass is 455 g/mol. The van der Waals surface area contributed by atoms with Crippen molar-refractivity contribution in [2.75, 3.05) is 18.0 Å². The number of carbonyl (C=O) groups is 1. The maximum atomic E-state index is 12.8. The Bertz CT molecular complexity index is 1200. The molecule has 8 heteroatoms. The molecule has 3 aromatic rings. The van der Waals surface area contributed by atoms with Crippen LogP contribution in [0.15, 0.2) is 52.7 Å². The quantitative estimate of drug-likeness (QED) is 0.611. The highest BCUT2D eigenvalue weighted by molar-refractivity contribution is 7.89. The lowest BCUT2D eigenvalue weighted by Gasteiger charge is -2.28. The van der Waals surface area contributed by atoms with Crippen LogP contribution in [-0.4, -0.2) is 32.4 Å². The standard InChI is InChI=1S/C23H25N3O3S2/c1-16-5-7-18(8-6-16)23-25-20(15-30-23)11-12-24-31(28,29)21-9-10-22-19(14-21)4-3-13-26(22)17(2)27/h5-10,14-15,24H,3-4,11-13H2,1-2H3. The number of nitrogens with zero attached hydrogens (tertiary/aromatic N) is 2. The topological polar surface area (TPSA) is 79.4 Å². The third-order valence-corrected chi connectivity index (χ3v) is 7.78. The number of sulfonamides is 1. The lowest BCUT2D eigenvalue weighted by Crippen LogP contribution is -2.33. The Labute approximate surface area is 187 Å². The van der Waals surface area contributed by atoms with E-state index >= 15 is 0 Å². The van der Waals surface area contributed by atoms with Gasteiger partial charge in [-0.1, -0.05) is 29.8 Å². The minimum atomic E-state index is -3.63. The van der Waals surface area contributed by atoms with E-state index in [4.69, 9.17) is 0 Å². The predicted octanol–water partition coefficient (Wildman–Crippen LogP) is 3.94. The number of nitrogens with one attached hydrogen (secondary N) is 1. The van der Waals surface area contributed by atoms with Gasteiger partial charge in [-0.05, 0) is 43.5 Å². The molecule has 0 atom stereocenters. The first-order valence-electron chi connectivity index (χ1n) is 10.3. The van der Waals surface area contributed by atoms with Crippen LogP contribution in [0.25, 0.3) is 10.6 Å². The smallest absolute Gasteiger partial charge is 0.240 e. The van der Waals surface area contributed by atoms with Crippen LogP contribution in [0.4, 0.5) is 5.69 Å². The Hall–Kier alpha value is -2.55. The van der Waals surface area contributed by atoms with Crippen molar-refractivity contribution in [3.05, 3.63) is 64.7 Å². The van der Waals surface area contributed by atoms with Crippen LogP contribution < -0.4 is 9.62 Å². The third kappa shape index (κ3) is 4.87. The van der Waals surface area contributed by atoms with E-state index in [1.54, 1.807) is 34.4 Å². The Morgan fingerprint density at radius 2 is 1.97 bits per heavy atom. The molecular weight excluding hydrogens is 430 g/mol. The van der Waals surface area contributed by atoms with Gasteiger partial charge in [0.05, 0.1) is 10.6 Å². The maximum Gasteiger partial charge on any atom is 0.240 e. The van der Waals surface area contributed by atoms with E-state index in [2.05, 4.69) is 21.8 Å². The van der Waals surface area contributed by atoms with E-state index in [9.17, 15) is 13.2 Å². The normalized spacial score (nSPS) is 13.8. The van der Waals surface area contributed by atoms with Gasteiger partial charge in [-0.3, -0.25) is 4.79 Å². The summed E-state index contributed by atoms with van der Waals surface area (Å²) in [4.78, 5) is 18.4. The summed E-state index contributed by atoms with van der Waals surface area (Å²) in [6.07, 6.45) is 2.12. The van der Waals surface area contributed by atoms with E-state index in [0.29, 0.717) is 13.0 Å². The second-order valence-electron chi connectivity index (χ2n) is 7.72. The van der Waals surface area contributed by atoms with Gasteiger partial charge in [0.15, 0.2) is 0 Å². The van der Waals surface area contributed by atoms with Gasteiger partial charge in [0.1, 0.15) is 5.01 Å². The lowest BCUT2D eigenvalue weighted by molar-refractivity contribution is -0.116. The molecule has 0 saturated heterocycles. The molecule has 0 unspecified atom stereocenters. The van der Waals surface area contributed by atoms with Crippen molar-refractivity contribution in [1.82, 2.24) is 9.71 Å². The number of hydrogen-bond donors (Lipinski definition) is 1. The van der Waals surface area contributed by atoms with Crippen LogP contribution in [0.1, 0.15) is 30.2 Å². The summed E-state index contributed by atoms with van der Waals surface area (Å²) in [5, 5.41) is 2.90. The molecule has 0 bridgehead atoms. The Kier molecular flexibility index (Phi) is 6.22. The van der Waals surface area contributed by atoms with Crippen LogP contribution in [0, 0.1) is 6.92 Å². The maximum absolute atomic E-state index is 12.8. The van der Waals surface area contributed by atoms with Crippen molar-refractivity contribution >= 4 is 33.0 Å². The summed E-state index contributed by atoms with van der Waals surface area (Å²) < 4.78 is 28.2. The molecule has 0 saturated carbocycles. The molecule has 0 aliphatic carbocycles. The number of fused-ring (bicyclic) bond motifs is 1. The van der Waals surface area contributed by atoms with Crippen molar-refractivity contribution < 1.29 is 13.2 Å². The fraction of sp³-hybridized carbons (Fsp3) is 0.304. The highest BCUT2D eigenvalue weighted by atomic mass is 32.2. The van der Waals surface area contributed by atoms with Gasteiger partial charge in [0, 0.05) is 43.1 Å². The number of aryl methyl sites for hydroxylation is 2. The molecule has 31 heavy (non-hydrogen) atoms. The number of carbonyl (C=O) groups excluding carboxylic acids is 1. The average molecular weight is 456 g/mol. The van der Waals surface area contributed by atoms with Gasteiger partial charge in [0.25, 0.3) is 0 Å². The van der Waals surface area contributed by atoms with Gasteiger partial charge in [-0.2, -0.15) is 0 Å². The Balaban J connectivity index is 1.41. The molecule has 162 valence electrons. The third-order valence-electron chi connectivity index (χ3n) is 5.38. The van der Waals surface area contributed by atoms with Crippen molar-refractivity contribution in [1.29, 1.82) is 0 Å². The van der Waals surface area contributed by atoms with Gasteiger partial charge < -0.3 is 4.90 Å². The zero-order valence-corrected chi connectivity index (χ0v) is 19.2. The summed E-state index contributed by atoms with van der Waals surface area (Å²) in [6, 6.07) is 13.2. The minimum Gasteiger partial charge on any atom is -0.312 e. The van der Waals surface area contributed by atoms with Crippen LogP contribution in [0.5, 0.6) is 0 Å². The van der Waals surface area contributed by atoms with E-state index in [1.807, 2.05) is 24.4 Å². The molecule has 2 heterocycles. The number of amides is 1. The lowest BCUT2D eigenvalue weighted by atomic mass is 10.0. The number of rotatable bonds is 6. The van der Waals surface area contributed by atoms with Crippen molar-refractivity contribution in [2.45, 2.75) is 38.0 Å². The number of benzene rings is 2. The number of hydrogen-bond acceptors (Lipinski definition) is 5. The molecule has 1 aliphatic heterocycles. The molecule has 0 fully saturated rings. The molecule has 2 aromatic carbocycles. The fourth-order valence-electron chi connectivity index (χ4n) is 3.72. The molecule has 4 rings (SSSR count). The number of anilines is 1. The Morgan fingerprint density at radius 3 is 2.71 bits per heavy atom. The second kappa shape index (κ2) is 8.90. The average Bonchev–Trinajstić information content (AvgIpc) is 3.22. The first kappa shape index (κ1) is 21.7. The molecule has 1 amide bonds. The van der Waals surface area contributed by atoms with Gasteiger partial charge in [-0.25, -0.2) is 18.1 Å². The summed E-state index contributed by atoms with van der Waals surface area (Å²) >= 11 is 1.56. The molecule has 1 aromatic heterocycles. The zero-order chi connectivity index (χ0) is 22.0. The van der Waals surface area contributed by atoms with Crippen molar-refractivity contribution in [3.8, 4) is 10.6 Å². The van der Waals surface area contributed by atoms with Crippen molar-refractivity contribution in [2.24, 2.45) is 0 Å². The van der Waals surface area contributed by atoms with Gasteiger partial charge >= 0.3 is 0 Å². The number of aromatic nitrogens is 1. The summed E-state index contributed by atoms with van der Waals surface area (Å²) in [6.45, 7) is 4.52. The van der Waals surface area contributed by atoms with Crippen LogP contribution >= 0.6 is 11.3 Å². The predicted molar refractivity (Wildman–Crippen MR) is 124 cm³/mol. The first-order valence-corrected chi connectivity index (χ1v) is 12.6. The highest BCUT2D eigenvalue weighted by Gasteiger charge is 2.23. The van der Waals surface area contributed by atoms with E-state index in [1.165, 1.54) is 12.5 Å². The van der Waals surface area contributed by atoms with Gasteiger partial charge in [0.2, 0.25) is 15.9 Å². The highest BCUT2D eigenvalue weighted by Crippen LogP contribution is 2.29. The molecule has 0 radical (unpaired) electrons. The fourth-order valence-corrected chi connectivity index (χ4v) is 5.66. The summed E-state index contributed by atoms with van der Waals surface area (Å²) in [7, 11) is -3.63. The SMILES string of the molecule is CC(=O)N1CCCc2cc(S(=O)(=O)NCCc3csc(-c4ccc(C)cc4)n3)ccc21.